The van der Waals surface area contributed by atoms with Crippen molar-refractivity contribution in [3.8, 4) is 0 Å². The smallest absolute Gasteiger partial charge is 0.457 e. The van der Waals surface area contributed by atoms with Gasteiger partial charge in [0.05, 0.1) is 12.0 Å². The Morgan fingerprint density at radius 1 is 0.667 bits per heavy atom. The Bertz CT molecular complexity index is 842. The Balaban J connectivity index is 1.85. The van der Waals surface area contributed by atoms with Crippen molar-refractivity contribution in [1.82, 2.24) is 0 Å². The van der Waals surface area contributed by atoms with Gasteiger partial charge in [-0.3, -0.25) is 0 Å². The fourth-order valence-electron chi connectivity index (χ4n) is 3.75. The summed E-state index contributed by atoms with van der Waals surface area (Å²) in [7, 11) is 1.55. The van der Waals surface area contributed by atoms with E-state index in [1.165, 1.54) is 32.1 Å². The Morgan fingerprint density at radius 3 is 1.40 bits per heavy atom. The predicted octanol–water partition coefficient (Wildman–Crippen LogP) is 4.08. The Labute approximate surface area is 180 Å². The number of benzene rings is 3. The summed E-state index contributed by atoms with van der Waals surface area (Å²) in [5.74, 6) is 0. The summed E-state index contributed by atoms with van der Waals surface area (Å²) in [6.45, 7) is 6.60. The molecule has 4 nitrogen and oxygen atoms in total. The molecule has 0 unspecified atom stereocenters. The molecule has 0 saturated carbocycles. The lowest BCUT2D eigenvalue weighted by molar-refractivity contribution is 0.154. The van der Waals surface area contributed by atoms with E-state index in [9.17, 15) is 0 Å². The molecule has 0 spiro atoms. The molecule has 0 amide bonds. The van der Waals surface area contributed by atoms with Crippen LogP contribution >= 0.6 is 0 Å². The van der Waals surface area contributed by atoms with E-state index in [1.54, 1.807) is 0 Å². The average Bonchev–Trinajstić information content (AvgIpc) is 2.78. The van der Waals surface area contributed by atoms with Crippen LogP contribution in [0.3, 0.4) is 0 Å². The van der Waals surface area contributed by atoms with Crippen LogP contribution in [0.1, 0.15) is 33.4 Å². The maximum atomic E-state index is 6.12. The molecule has 0 atom stereocenters. The third-order valence-electron chi connectivity index (χ3n) is 5.51. The van der Waals surface area contributed by atoms with Gasteiger partial charge in [0, 0.05) is 0 Å². The van der Waals surface area contributed by atoms with Gasteiger partial charge in [-0.25, -0.2) is 0 Å². The summed E-state index contributed by atoms with van der Waals surface area (Å²) in [5, 5.41) is 0. The summed E-state index contributed by atoms with van der Waals surface area (Å²) in [4.78, 5) is 0. The van der Waals surface area contributed by atoms with Gasteiger partial charge in [0.2, 0.25) is 0 Å². The van der Waals surface area contributed by atoms with Crippen molar-refractivity contribution in [2.24, 2.45) is 0 Å². The van der Waals surface area contributed by atoms with Gasteiger partial charge in [-0.05, 0) is 37.5 Å². The predicted molar refractivity (Wildman–Crippen MR) is 120 cm³/mol. The van der Waals surface area contributed by atoms with Gasteiger partial charge in [-0.1, -0.05) is 89.5 Å². The van der Waals surface area contributed by atoms with Crippen LogP contribution in [0.5, 0.6) is 0 Å². The zero-order valence-corrected chi connectivity index (χ0v) is 17.5. The van der Waals surface area contributed by atoms with Crippen molar-refractivity contribution in [1.29, 1.82) is 0 Å². The second kappa shape index (κ2) is 9.23. The molecule has 1 saturated heterocycles. The van der Waals surface area contributed by atoms with Crippen molar-refractivity contribution in [2.75, 3.05) is 6.61 Å². The quantitative estimate of drug-likeness (QED) is 0.465. The molecule has 2 radical (unpaired) electrons. The van der Waals surface area contributed by atoms with Gasteiger partial charge in [0.25, 0.3) is 0 Å². The summed E-state index contributed by atoms with van der Waals surface area (Å²) in [5.41, 5.74) is 6.51. The second-order valence-electron chi connectivity index (χ2n) is 7.70. The highest BCUT2D eigenvalue weighted by Crippen LogP contribution is 2.40. The van der Waals surface area contributed by atoms with E-state index in [0.29, 0.717) is 6.61 Å². The highest BCUT2D eigenvalue weighted by Gasteiger charge is 2.39. The first-order valence-corrected chi connectivity index (χ1v) is 10.0. The van der Waals surface area contributed by atoms with Crippen LogP contribution in [0.2, 0.25) is 0 Å². The lowest BCUT2D eigenvalue weighted by Gasteiger charge is -2.37. The van der Waals surface area contributed by atoms with Gasteiger partial charge in [0.1, 0.15) is 0 Å². The van der Waals surface area contributed by atoms with Gasteiger partial charge < -0.3 is 18.4 Å². The highest BCUT2D eigenvalue weighted by atomic mass is 16.8. The molecule has 1 aliphatic rings. The van der Waals surface area contributed by atoms with Crippen LogP contribution < -0.4 is 0 Å². The van der Waals surface area contributed by atoms with Crippen molar-refractivity contribution in [3.63, 3.8) is 0 Å². The van der Waals surface area contributed by atoms with Crippen molar-refractivity contribution in [2.45, 2.75) is 26.2 Å². The van der Waals surface area contributed by atoms with Crippen LogP contribution in [-0.2, 0) is 23.8 Å². The third kappa shape index (κ3) is 4.40. The van der Waals surface area contributed by atoms with Crippen molar-refractivity contribution in [3.05, 3.63) is 106 Å². The number of hydrogen-bond acceptors (Lipinski definition) is 4. The molecule has 148 valence electrons. The molecule has 1 fully saturated rings. The summed E-state index contributed by atoms with van der Waals surface area (Å²) in [6.07, 6.45) is 0. The van der Waals surface area contributed by atoms with E-state index in [1.807, 2.05) is 0 Å². The van der Waals surface area contributed by atoms with E-state index < -0.39 is 12.7 Å². The van der Waals surface area contributed by atoms with Crippen molar-refractivity contribution >= 4 is 22.7 Å². The highest BCUT2D eigenvalue weighted by molar-refractivity contribution is 6.57. The first-order chi connectivity index (χ1) is 14.6. The van der Waals surface area contributed by atoms with Crippen LogP contribution in [0.25, 0.3) is 0 Å². The summed E-state index contributed by atoms with van der Waals surface area (Å²) in [6, 6.07) is 25.8. The fraction of sp³-hybridized carbons (Fsp3) is 0.217. The fourth-order valence-corrected chi connectivity index (χ4v) is 3.75. The minimum Gasteiger partial charge on any atom is -0.457 e. The molecular weight excluding hydrogens is 373 g/mol. The molecule has 0 aliphatic carbocycles. The van der Waals surface area contributed by atoms with Gasteiger partial charge >= 0.3 is 22.7 Å². The topological polar surface area (TPSA) is 36.9 Å². The Hall–Kier alpha value is -2.31. The minimum atomic E-state index is -0.862. The SMILES string of the molecule is Cc1ccc(C(COB2O[B]O[B]O2)(c2ccc(C)cc2)c2ccc(C)cc2)cc1. The largest absolute Gasteiger partial charge is 0.611 e. The zero-order chi connectivity index (χ0) is 21.0. The first-order valence-electron chi connectivity index (χ1n) is 10.0. The summed E-state index contributed by atoms with van der Waals surface area (Å²) < 4.78 is 21.6. The van der Waals surface area contributed by atoms with Gasteiger partial charge in [-0.2, -0.15) is 0 Å². The lowest BCUT2D eigenvalue weighted by Crippen LogP contribution is -2.43. The van der Waals surface area contributed by atoms with Crippen LogP contribution in [0.15, 0.2) is 72.8 Å². The molecule has 30 heavy (non-hydrogen) atoms. The number of rotatable bonds is 6. The molecule has 3 aromatic carbocycles. The maximum Gasteiger partial charge on any atom is 0.611 e. The molecule has 3 aromatic rings. The standard InChI is InChI=1S/C23H23B3O4/c1-17-4-10-20(11-5-17)23(21-12-6-18(2)7-13-21,22-14-8-19(3)9-15-22)16-27-26-29-24-28-25-30-26/h4-15H,16H2,1-3H3. The van der Waals surface area contributed by atoms with Crippen LogP contribution in [0.4, 0.5) is 0 Å². The second-order valence-corrected chi connectivity index (χ2v) is 7.70. The van der Waals surface area contributed by atoms with Gasteiger partial charge in [0.15, 0.2) is 0 Å². The van der Waals surface area contributed by atoms with Crippen LogP contribution in [-0.4, -0.2) is 29.3 Å². The zero-order valence-electron chi connectivity index (χ0n) is 17.5. The third-order valence-corrected chi connectivity index (χ3v) is 5.51. The number of hydrogen-bond donors (Lipinski definition) is 0. The maximum absolute atomic E-state index is 6.12. The minimum absolute atomic E-state index is 0.328. The molecular formula is C23H23B3O4. The molecule has 1 heterocycles. The Morgan fingerprint density at radius 2 is 1.03 bits per heavy atom. The monoisotopic (exact) mass is 396 g/mol. The molecule has 0 aromatic heterocycles. The van der Waals surface area contributed by atoms with Crippen LogP contribution in [0, 0.1) is 20.8 Å². The summed E-state index contributed by atoms with van der Waals surface area (Å²) >= 11 is 0. The average molecular weight is 396 g/mol. The van der Waals surface area contributed by atoms with Crippen molar-refractivity contribution < 1.29 is 18.4 Å². The van der Waals surface area contributed by atoms with E-state index in [2.05, 4.69) is 93.6 Å². The lowest BCUT2D eigenvalue weighted by atomic mass is 9.69. The molecule has 7 heteroatoms. The molecule has 4 rings (SSSR count). The van der Waals surface area contributed by atoms with E-state index in [4.69, 9.17) is 18.4 Å². The molecule has 0 bridgehead atoms. The van der Waals surface area contributed by atoms with E-state index in [-0.39, 0.29) is 0 Å². The van der Waals surface area contributed by atoms with E-state index in [0.717, 1.165) is 16.7 Å². The molecule has 1 aliphatic heterocycles. The van der Waals surface area contributed by atoms with E-state index >= 15 is 0 Å². The number of aryl methyl sites for hydroxylation is 3. The first kappa shape index (κ1) is 20.9. The van der Waals surface area contributed by atoms with Gasteiger partial charge in [-0.15, -0.1) is 0 Å². The Kier molecular flexibility index (Phi) is 6.45. The molecule has 0 N–H and O–H groups in total. The normalized spacial score (nSPS) is 14.2.